The summed E-state index contributed by atoms with van der Waals surface area (Å²) in [5.41, 5.74) is 0.328. The Hall–Kier alpha value is -1.06. The van der Waals surface area contributed by atoms with E-state index in [0.29, 0.717) is 5.46 Å². The fourth-order valence-corrected chi connectivity index (χ4v) is 0.834. The summed E-state index contributed by atoms with van der Waals surface area (Å²) in [5.74, 6) is -0.964. The van der Waals surface area contributed by atoms with E-state index in [1.165, 1.54) is 15.0 Å². The van der Waals surface area contributed by atoms with Gasteiger partial charge in [0, 0.05) is 12.1 Å². The van der Waals surface area contributed by atoms with Gasteiger partial charge in [0.1, 0.15) is 25.2 Å². The van der Waals surface area contributed by atoms with Gasteiger partial charge in [0.05, 0.1) is 7.11 Å². The predicted octanol–water partition coefficient (Wildman–Crippen LogP) is 0.232. The molecule has 0 aliphatic carbocycles. The molecule has 0 fully saturated rings. The summed E-state index contributed by atoms with van der Waals surface area (Å²) < 4.78 is 29.9. The highest BCUT2D eigenvalue weighted by Gasteiger charge is 2.05. The average molecular weight is 156 g/mol. The number of rotatable bonds is 1. The van der Waals surface area contributed by atoms with Crippen molar-refractivity contribution in [2.45, 2.75) is 0 Å². The van der Waals surface area contributed by atoms with Crippen LogP contribution in [0.3, 0.4) is 0 Å². The van der Waals surface area contributed by atoms with Gasteiger partial charge < -0.3 is 4.74 Å². The Morgan fingerprint density at radius 3 is 2.55 bits per heavy atom. The fourth-order valence-electron chi connectivity index (χ4n) is 0.834. The number of halogens is 2. The molecule has 0 aliphatic heterocycles. The Morgan fingerprint density at radius 1 is 1.36 bits per heavy atom. The maximum atomic E-state index is 12.7. The molecule has 11 heavy (non-hydrogen) atoms. The zero-order valence-corrected chi connectivity index (χ0v) is 6.32. The Bertz CT molecular complexity index is 275. The van der Waals surface area contributed by atoms with E-state index in [-0.39, 0.29) is 5.75 Å². The van der Waals surface area contributed by atoms with Crippen LogP contribution in [0.2, 0.25) is 0 Å². The van der Waals surface area contributed by atoms with E-state index in [1.807, 2.05) is 0 Å². The molecule has 0 radical (unpaired) electrons. The largest absolute Gasteiger partial charge is 0.497 e. The van der Waals surface area contributed by atoms with Crippen LogP contribution >= 0.6 is 0 Å². The van der Waals surface area contributed by atoms with E-state index in [4.69, 9.17) is 4.74 Å². The number of hydrogen-bond donors (Lipinski definition) is 0. The first kappa shape index (κ1) is 8.05. The van der Waals surface area contributed by atoms with Crippen molar-refractivity contribution in [1.82, 2.24) is 0 Å². The Labute approximate surface area is 64.4 Å². The van der Waals surface area contributed by atoms with Gasteiger partial charge in [0.25, 0.3) is 0 Å². The van der Waals surface area contributed by atoms with Gasteiger partial charge in [-0.25, -0.2) is 8.78 Å². The summed E-state index contributed by atoms with van der Waals surface area (Å²) in [5, 5.41) is 0. The van der Waals surface area contributed by atoms with Crippen LogP contribution in [0.5, 0.6) is 5.75 Å². The van der Waals surface area contributed by atoms with Crippen molar-refractivity contribution in [3.63, 3.8) is 0 Å². The van der Waals surface area contributed by atoms with Crippen LogP contribution in [0.25, 0.3) is 0 Å². The molecule has 0 spiro atoms. The maximum Gasteiger partial charge on any atom is 0.148 e. The number of ether oxygens (including phenoxy) is 1. The third kappa shape index (κ3) is 1.50. The van der Waals surface area contributed by atoms with Gasteiger partial charge in [0.15, 0.2) is 0 Å². The smallest absolute Gasteiger partial charge is 0.148 e. The van der Waals surface area contributed by atoms with Crippen LogP contribution in [-0.2, 0) is 0 Å². The molecule has 0 unspecified atom stereocenters. The highest BCUT2D eigenvalue weighted by molar-refractivity contribution is 6.34. The molecule has 0 aliphatic rings. The second-order valence-electron chi connectivity index (χ2n) is 2.21. The fraction of sp³-hybridized carbons (Fsp3) is 0.143. The number of hydrogen-bond acceptors (Lipinski definition) is 1. The van der Waals surface area contributed by atoms with Gasteiger partial charge in [0.2, 0.25) is 0 Å². The lowest BCUT2D eigenvalue weighted by Gasteiger charge is -2.04. The van der Waals surface area contributed by atoms with Gasteiger partial charge in [-0.2, -0.15) is 0 Å². The summed E-state index contributed by atoms with van der Waals surface area (Å²) in [6.07, 6.45) is 0. The standard InChI is InChI=1S/C7H7BF2O/c1-11-6-3-4(9)2-5(10)7(6)8/h2-3H,8H2,1H3. The SMILES string of the molecule is Bc1c(F)cc(F)cc1OC. The Morgan fingerprint density at radius 2 is 2.00 bits per heavy atom. The first-order valence-corrected chi connectivity index (χ1v) is 3.15. The zero-order valence-electron chi connectivity index (χ0n) is 6.32. The number of methoxy groups -OCH3 is 1. The highest BCUT2D eigenvalue weighted by atomic mass is 19.1. The van der Waals surface area contributed by atoms with Gasteiger partial charge in [-0.15, -0.1) is 0 Å². The molecule has 58 valence electrons. The molecule has 4 heteroatoms. The van der Waals surface area contributed by atoms with E-state index < -0.39 is 11.6 Å². The van der Waals surface area contributed by atoms with Crippen LogP contribution in [0, 0.1) is 11.6 Å². The topological polar surface area (TPSA) is 9.23 Å². The van der Waals surface area contributed by atoms with E-state index in [0.717, 1.165) is 12.1 Å². The Balaban J connectivity index is 3.24. The van der Waals surface area contributed by atoms with E-state index >= 15 is 0 Å². The summed E-state index contributed by atoms with van der Waals surface area (Å²) in [7, 11) is 2.91. The van der Waals surface area contributed by atoms with E-state index in [2.05, 4.69) is 0 Å². The molecule has 0 saturated heterocycles. The lowest BCUT2D eigenvalue weighted by atomic mass is 9.94. The highest BCUT2D eigenvalue weighted by Crippen LogP contribution is 2.10. The molecular formula is C7H7BF2O. The normalized spacial score (nSPS) is 9.73. The van der Waals surface area contributed by atoms with Crippen molar-refractivity contribution in [1.29, 1.82) is 0 Å². The lowest BCUT2D eigenvalue weighted by molar-refractivity contribution is 0.411. The van der Waals surface area contributed by atoms with Crippen molar-refractivity contribution in [3.05, 3.63) is 23.8 Å². The molecular weight excluding hydrogens is 149 g/mol. The van der Waals surface area contributed by atoms with Crippen LogP contribution in [0.15, 0.2) is 12.1 Å². The number of benzene rings is 1. The molecule has 0 heterocycles. The van der Waals surface area contributed by atoms with Gasteiger partial charge in [-0.1, -0.05) is 0 Å². The molecule has 1 aromatic rings. The monoisotopic (exact) mass is 156 g/mol. The van der Waals surface area contributed by atoms with Crippen molar-refractivity contribution in [2.24, 2.45) is 0 Å². The van der Waals surface area contributed by atoms with Gasteiger partial charge in [-0.3, -0.25) is 0 Å². The molecule has 0 atom stereocenters. The summed E-state index contributed by atoms with van der Waals surface area (Å²) in [6.45, 7) is 0. The molecule has 0 amide bonds. The van der Waals surface area contributed by atoms with E-state index in [1.54, 1.807) is 0 Å². The summed E-state index contributed by atoms with van der Waals surface area (Å²) >= 11 is 0. The minimum Gasteiger partial charge on any atom is -0.497 e. The molecule has 1 rings (SSSR count). The minimum atomic E-state index is -0.620. The Kier molecular flexibility index (Phi) is 2.12. The quantitative estimate of drug-likeness (QED) is 0.529. The first-order chi connectivity index (χ1) is 5.15. The van der Waals surface area contributed by atoms with Crippen molar-refractivity contribution in [3.8, 4) is 5.75 Å². The van der Waals surface area contributed by atoms with Crippen molar-refractivity contribution >= 4 is 13.3 Å². The van der Waals surface area contributed by atoms with Crippen LogP contribution < -0.4 is 10.2 Å². The van der Waals surface area contributed by atoms with Gasteiger partial charge in [-0.05, 0) is 5.46 Å². The summed E-state index contributed by atoms with van der Waals surface area (Å²) in [4.78, 5) is 0. The van der Waals surface area contributed by atoms with Crippen LogP contribution in [0.4, 0.5) is 8.78 Å². The van der Waals surface area contributed by atoms with Crippen molar-refractivity contribution in [2.75, 3.05) is 7.11 Å². The average Bonchev–Trinajstić information content (AvgIpc) is 1.96. The van der Waals surface area contributed by atoms with Crippen molar-refractivity contribution < 1.29 is 13.5 Å². The van der Waals surface area contributed by atoms with Crippen LogP contribution in [-0.4, -0.2) is 15.0 Å². The molecule has 0 aromatic heterocycles. The van der Waals surface area contributed by atoms with Gasteiger partial charge >= 0.3 is 0 Å². The minimum absolute atomic E-state index is 0.238. The second kappa shape index (κ2) is 2.90. The summed E-state index contributed by atoms with van der Waals surface area (Å²) in [6, 6.07) is 1.98. The predicted molar refractivity (Wildman–Crippen MR) is 41.1 cm³/mol. The van der Waals surface area contributed by atoms with Crippen LogP contribution in [0.1, 0.15) is 0 Å². The third-order valence-electron chi connectivity index (χ3n) is 1.48. The first-order valence-electron chi connectivity index (χ1n) is 3.15. The maximum absolute atomic E-state index is 12.7. The third-order valence-corrected chi connectivity index (χ3v) is 1.48. The molecule has 0 N–H and O–H groups in total. The molecule has 0 bridgehead atoms. The molecule has 1 nitrogen and oxygen atoms in total. The lowest BCUT2D eigenvalue weighted by Crippen LogP contribution is -2.12. The zero-order chi connectivity index (χ0) is 8.43. The molecule has 0 saturated carbocycles. The second-order valence-corrected chi connectivity index (χ2v) is 2.21. The molecule has 1 aromatic carbocycles. The van der Waals surface area contributed by atoms with E-state index in [9.17, 15) is 8.78 Å².